The summed E-state index contributed by atoms with van der Waals surface area (Å²) in [5.41, 5.74) is 5.18. The van der Waals surface area contributed by atoms with Gasteiger partial charge in [-0.2, -0.15) is 0 Å². The van der Waals surface area contributed by atoms with E-state index in [1.165, 1.54) is 11.1 Å². The Morgan fingerprint density at radius 3 is 2.64 bits per heavy atom. The monoisotopic (exact) mass is 498 g/mol. The molecule has 0 fully saturated rings. The van der Waals surface area contributed by atoms with Crippen LogP contribution in [0.25, 0.3) is 11.3 Å². The number of nitrogens with zero attached hydrogens (tertiary/aromatic N) is 2. The van der Waals surface area contributed by atoms with E-state index >= 15 is 0 Å². The molecule has 1 aromatic heterocycles. The normalized spacial score (nSPS) is 14.9. The number of anilines is 1. The molecular formula is C30H30N2O3S. The van der Waals surface area contributed by atoms with Crippen LogP contribution >= 0.6 is 11.3 Å². The molecule has 1 unspecified atom stereocenters. The molecule has 0 aliphatic carbocycles. The first kappa shape index (κ1) is 24.1. The molecule has 0 bridgehead atoms. The number of benzene rings is 3. The topological polar surface area (TPSA) is 51.7 Å². The van der Waals surface area contributed by atoms with Gasteiger partial charge in [-0.05, 0) is 62.6 Å². The fraction of sp³-hybridized carbons (Fsp3) is 0.267. The second kappa shape index (κ2) is 11.0. The van der Waals surface area contributed by atoms with E-state index in [2.05, 4.69) is 36.6 Å². The number of carbonyl (C=O) groups is 1. The minimum atomic E-state index is -0.496. The Balaban J connectivity index is 1.26. The highest BCUT2D eigenvalue weighted by atomic mass is 32.1. The zero-order valence-electron chi connectivity index (χ0n) is 20.6. The van der Waals surface area contributed by atoms with Gasteiger partial charge in [0, 0.05) is 23.9 Å². The van der Waals surface area contributed by atoms with Crippen LogP contribution < -0.4 is 14.4 Å². The van der Waals surface area contributed by atoms with Crippen molar-refractivity contribution in [2.45, 2.75) is 39.2 Å². The summed E-state index contributed by atoms with van der Waals surface area (Å²) < 4.78 is 11.8. The maximum absolute atomic E-state index is 13.0. The minimum Gasteiger partial charge on any atom is -0.494 e. The first-order valence-electron chi connectivity index (χ1n) is 12.4. The Morgan fingerprint density at radius 2 is 1.83 bits per heavy atom. The summed E-state index contributed by atoms with van der Waals surface area (Å²) in [6.45, 7) is 5.11. The van der Waals surface area contributed by atoms with E-state index in [-0.39, 0.29) is 5.91 Å². The van der Waals surface area contributed by atoms with Gasteiger partial charge in [0.05, 0.1) is 23.0 Å². The quantitative estimate of drug-likeness (QED) is 0.242. The number of unbranched alkanes of at least 4 members (excludes halogenated alkanes) is 1. The van der Waals surface area contributed by atoms with Crippen LogP contribution in [0, 0.1) is 6.92 Å². The van der Waals surface area contributed by atoms with Crippen molar-refractivity contribution >= 4 is 22.9 Å². The fourth-order valence-electron chi connectivity index (χ4n) is 4.29. The predicted molar refractivity (Wildman–Crippen MR) is 145 cm³/mol. The minimum absolute atomic E-state index is 0.0119. The lowest BCUT2D eigenvalue weighted by Crippen LogP contribution is -2.45. The fourth-order valence-corrected chi connectivity index (χ4v) is 5.13. The van der Waals surface area contributed by atoms with Crippen LogP contribution in [0.1, 0.15) is 35.9 Å². The van der Waals surface area contributed by atoms with Gasteiger partial charge >= 0.3 is 0 Å². The van der Waals surface area contributed by atoms with Gasteiger partial charge in [-0.15, -0.1) is 11.3 Å². The molecule has 1 aliphatic heterocycles. The molecule has 1 aliphatic rings. The molecule has 0 saturated carbocycles. The van der Waals surface area contributed by atoms with Crippen molar-refractivity contribution in [2.75, 3.05) is 18.1 Å². The standard InChI is InChI=1S/C30H30N2O3S/c1-21-10-13-25(14-11-21)34-17-7-6-16-32-27-19-24(12-15-28(27)35-22(2)30(32)33)26-20-36-29(31-26)18-23-8-4-3-5-9-23/h3-5,8-15,19-20,22H,6-7,16-18H2,1-2H3. The third-order valence-electron chi connectivity index (χ3n) is 6.28. The second-order valence-corrected chi connectivity index (χ2v) is 10.0. The average Bonchev–Trinajstić information content (AvgIpc) is 3.36. The van der Waals surface area contributed by atoms with Crippen LogP contribution in [0.2, 0.25) is 0 Å². The SMILES string of the molecule is Cc1ccc(OCCCCN2C(=O)C(C)Oc3ccc(-c4csc(Cc5ccccc5)n4)cc32)cc1. The summed E-state index contributed by atoms with van der Waals surface area (Å²) in [5.74, 6) is 1.60. The average molecular weight is 499 g/mol. The van der Waals surface area contributed by atoms with E-state index in [4.69, 9.17) is 14.5 Å². The zero-order valence-corrected chi connectivity index (χ0v) is 21.5. The van der Waals surface area contributed by atoms with Gasteiger partial charge in [0.1, 0.15) is 11.5 Å². The Morgan fingerprint density at radius 1 is 1.03 bits per heavy atom. The number of carbonyl (C=O) groups excluding carboxylic acids is 1. The first-order valence-corrected chi connectivity index (χ1v) is 13.2. The van der Waals surface area contributed by atoms with Crippen LogP contribution in [0.3, 0.4) is 0 Å². The van der Waals surface area contributed by atoms with Gasteiger partial charge in [-0.25, -0.2) is 4.98 Å². The van der Waals surface area contributed by atoms with Crippen LogP contribution in [0.4, 0.5) is 5.69 Å². The van der Waals surface area contributed by atoms with Gasteiger partial charge < -0.3 is 14.4 Å². The number of fused-ring (bicyclic) bond motifs is 1. The molecule has 6 heteroatoms. The highest BCUT2D eigenvalue weighted by Crippen LogP contribution is 2.38. The van der Waals surface area contributed by atoms with Gasteiger partial charge in [-0.1, -0.05) is 48.0 Å². The maximum Gasteiger partial charge on any atom is 0.267 e. The summed E-state index contributed by atoms with van der Waals surface area (Å²) >= 11 is 1.66. The lowest BCUT2D eigenvalue weighted by Gasteiger charge is -2.33. The third kappa shape index (κ3) is 5.60. The van der Waals surface area contributed by atoms with Crippen LogP contribution in [-0.2, 0) is 11.2 Å². The van der Waals surface area contributed by atoms with Crippen LogP contribution in [-0.4, -0.2) is 30.1 Å². The first-order chi connectivity index (χ1) is 17.6. The van der Waals surface area contributed by atoms with Gasteiger partial charge in [0.15, 0.2) is 6.10 Å². The molecule has 0 saturated heterocycles. The summed E-state index contributed by atoms with van der Waals surface area (Å²) in [6.07, 6.45) is 2.01. The summed E-state index contributed by atoms with van der Waals surface area (Å²) in [6, 6.07) is 24.4. The Kier molecular flexibility index (Phi) is 7.33. The predicted octanol–water partition coefficient (Wildman–Crippen LogP) is 6.68. The summed E-state index contributed by atoms with van der Waals surface area (Å²) in [4.78, 5) is 19.7. The van der Waals surface area contributed by atoms with E-state index < -0.39 is 6.10 Å². The number of hydrogen-bond acceptors (Lipinski definition) is 5. The summed E-state index contributed by atoms with van der Waals surface area (Å²) in [5, 5.41) is 3.15. The summed E-state index contributed by atoms with van der Waals surface area (Å²) in [7, 11) is 0. The number of aryl methyl sites for hydroxylation is 1. The molecule has 0 spiro atoms. The number of amides is 1. The zero-order chi connectivity index (χ0) is 24.9. The van der Waals surface area contributed by atoms with E-state index in [0.717, 1.165) is 52.7 Å². The number of hydrogen-bond donors (Lipinski definition) is 0. The number of ether oxygens (including phenoxy) is 2. The van der Waals surface area contributed by atoms with Crippen molar-refractivity contribution < 1.29 is 14.3 Å². The van der Waals surface area contributed by atoms with Crippen LogP contribution in [0.15, 0.2) is 78.2 Å². The van der Waals surface area contributed by atoms with E-state index in [1.54, 1.807) is 11.3 Å². The smallest absolute Gasteiger partial charge is 0.267 e. The number of rotatable bonds is 9. The van der Waals surface area contributed by atoms with Gasteiger partial charge in [0.25, 0.3) is 5.91 Å². The lowest BCUT2D eigenvalue weighted by atomic mass is 10.1. The van der Waals surface area contributed by atoms with E-state index in [0.29, 0.717) is 13.2 Å². The molecule has 184 valence electrons. The Bertz CT molecular complexity index is 1320. The highest BCUT2D eigenvalue weighted by Gasteiger charge is 2.31. The lowest BCUT2D eigenvalue weighted by molar-refractivity contribution is -0.125. The highest BCUT2D eigenvalue weighted by molar-refractivity contribution is 7.10. The Labute approximate surface area is 216 Å². The third-order valence-corrected chi connectivity index (χ3v) is 7.13. The maximum atomic E-state index is 13.0. The van der Waals surface area contributed by atoms with Crippen molar-refractivity contribution in [2.24, 2.45) is 0 Å². The molecule has 5 rings (SSSR count). The molecule has 0 N–H and O–H groups in total. The van der Waals surface area contributed by atoms with Crippen molar-refractivity contribution in [3.63, 3.8) is 0 Å². The largest absolute Gasteiger partial charge is 0.494 e. The van der Waals surface area contributed by atoms with E-state index in [1.807, 2.05) is 60.4 Å². The van der Waals surface area contributed by atoms with Crippen LogP contribution in [0.5, 0.6) is 11.5 Å². The molecule has 36 heavy (non-hydrogen) atoms. The molecule has 3 aromatic carbocycles. The van der Waals surface area contributed by atoms with E-state index in [9.17, 15) is 4.79 Å². The van der Waals surface area contributed by atoms with Crippen molar-refractivity contribution in [1.82, 2.24) is 4.98 Å². The second-order valence-electron chi connectivity index (χ2n) is 9.09. The van der Waals surface area contributed by atoms with Gasteiger partial charge in [-0.3, -0.25) is 4.79 Å². The van der Waals surface area contributed by atoms with Crippen molar-refractivity contribution in [3.8, 4) is 22.8 Å². The molecule has 4 aromatic rings. The molecule has 0 radical (unpaired) electrons. The van der Waals surface area contributed by atoms with Crippen molar-refractivity contribution in [1.29, 1.82) is 0 Å². The molecular weight excluding hydrogens is 468 g/mol. The number of thiazole rings is 1. The van der Waals surface area contributed by atoms with Gasteiger partial charge in [0.2, 0.25) is 0 Å². The number of aromatic nitrogens is 1. The Hall–Kier alpha value is -3.64. The molecule has 1 atom stereocenters. The molecule has 5 nitrogen and oxygen atoms in total. The molecule has 1 amide bonds. The molecule has 2 heterocycles. The van der Waals surface area contributed by atoms with Crippen molar-refractivity contribution in [3.05, 3.63) is 94.3 Å².